The quantitative estimate of drug-likeness (QED) is 0.390. The highest BCUT2D eigenvalue weighted by atomic mass is 16.5. The van der Waals surface area contributed by atoms with Crippen molar-refractivity contribution in [3.05, 3.63) is 84.4 Å². The van der Waals surface area contributed by atoms with Crippen molar-refractivity contribution in [1.82, 2.24) is 5.32 Å². The molecule has 3 rings (SSSR count). The van der Waals surface area contributed by atoms with Gasteiger partial charge in [0.25, 0.3) is 5.91 Å². The highest BCUT2D eigenvalue weighted by Gasteiger charge is 2.24. The molecule has 4 N–H and O–H groups in total. The predicted molar refractivity (Wildman–Crippen MR) is 133 cm³/mol. The topological polar surface area (TPSA) is 109 Å². The fraction of sp³-hybridized carbons (Fsp3) is 0.192. The highest BCUT2D eigenvalue weighted by molar-refractivity contribution is 6.05. The van der Waals surface area contributed by atoms with Crippen molar-refractivity contribution in [2.24, 2.45) is 5.92 Å². The van der Waals surface area contributed by atoms with Crippen LogP contribution in [-0.2, 0) is 4.79 Å². The minimum Gasteiger partial charge on any atom is -0.497 e. The van der Waals surface area contributed by atoms with E-state index in [1.54, 1.807) is 67.8 Å². The van der Waals surface area contributed by atoms with Gasteiger partial charge in [-0.05, 0) is 66.6 Å². The fourth-order valence-electron chi connectivity index (χ4n) is 3.17. The van der Waals surface area contributed by atoms with E-state index in [9.17, 15) is 14.4 Å². The van der Waals surface area contributed by atoms with Crippen LogP contribution >= 0.6 is 0 Å². The lowest BCUT2D eigenvalue weighted by Crippen LogP contribution is -2.48. The first-order valence-corrected chi connectivity index (χ1v) is 10.8. The third-order valence-electron chi connectivity index (χ3n) is 5.03. The Hall–Kier alpha value is -4.33. The predicted octanol–water partition coefficient (Wildman–Crippen LogP) is 4.73. The molecule has 0 radical (unpaired) electrons. The molecular formula is C26H28N4O4. The molecule has 3 aromatic carbocycles. The molecule has 1 unspecified atom stereocenters. The summed E-state index contributed by atoms with van der Waals surface area (Å²) in [6, 6.07) is 21.3. The summed E-state index contributed by atoms with van der Waals surface area (Å²) in [4.78, 5) is 37.6. The third kappa shape index (κ3) is 6.83. The Morgan fingerprint density at radius 3 is 1.85 bits per heavy atom. The Bertz CT molecular complexity index is 1110. The van der Waals surface area contributed by atoms with E-state index in [1.165, 1.54) is 0 Å². The summed E-state index contributed by atoms with van der Waals surface area (Å²) in [5.41, 5.74) is 2.23. The number of hydrogen-bond donors (Lipinski definition) is 4. The van der Waals surface area contributed by atoms with E-state index < -0.39 is 12.1 Å². The molecule has 8 heteroatoms. The Kier molecular flexibility index (Phi) is 8.23. The van der Waals surface area contributed by atoms with Crippen LogP contribution in [0.15, 0.2) is 78.9 Å². The zero-order chi connectivity index (χ0) is 24.5. The van der Waals surface area contributed by atoms with E-state index in [2.05, 4.69) is 21.3 Å². The number of carbonyl (C=O) groups is 3. The first kappa shape index (κ1) is 24.3. The van der Waals surface area contributed by atoms with Crippen molar-refractivity contribution >= 4 is 34.9 Å². The van der Waals surface area contributed by atoms with Crippen LogP contribution in [0.1, 0.15) is 24.2 Å². The van der Waals surface area contributed by atoms with Crippen LogP contribution in [0.4, 0.5) is 21.9 Å². The number of ether oxygens (including phenoxy) is 1. The first-order chi connectivity index (χ1) is 16.4. The number of nitrogens with one attached hydrogen (secondary N) is 4. The number of urea groups is 1. The summed E-state index contributed by atoms with van der Waals surface area (Å²) in [6.45, 7) is 3.69. The summed E-state index contributed by atoms with van der Waals surface area (Å²) >= 11 is 0. The van der Waals surface area contributed by atoms with Crippen LogP contribution in [0.5, 0.6) is 5.75 Å². The van der Waals surface area contributed by atoms with Crippen LogP contribution < -0.4 is 26.0 Å². The fourth-order valence-corrected chi connectivity index (χ4v) is 3.17. The summed E-state index contributed by atoms with van der Waals surface area (Å²) in [5, 5.41) is 11.0. The number of anilines is 3. The van der Waals surface area contributed by atoms with Crippen molar-refractivity contribution < 1.29 is 19.1 Å². The van der Waals surface area contributed by atoms with Crippen LogP contribution in [0.3, 0.4) is 0 Å². The van der Waals surface area contributed by atoms with Gasteiger partial charge in [-0.25, -0.2) is 4.79 Å². The Labute approximate surface area is 198 Å². The molecule has 3 aromatic rings. The second-order valence-corrected chi connectivity index (χ2v) is 7.94. The van der Waals surface area contributed by atoms with Gasteiger partial charge in [0.2, 0.25) is 5.91 Å². The van der Waals surface area contributed by atoms with Crippen LogP contribution in [-0.4, -0.2) is 31.0 Å². The van der Waals surface area contributed by atoms with Gasteiger partial charge in [0.15, 0.2) is 0 Å². The Balaban J connectivity index is 1.58. The smallest absolute Gasteiger partial charge is 0.319 e. The lowest BCUT2D eigenvalue weighted by atomic mass is 10.0. The van der Waals surface area contributed by atoms with E-state index in [1.807, 2.05) is 32.0 Å². The highest BCUT2D eigenvalue weighted by Crippen LogP contribution is 2.17. The first-order valence-electron chi connectivity index (χ1n) is 10.8. The number of rotatable bonds is 8. The van der Waals surface area contributed by atoms with E-state index >= 15 is 0 Å². The maximum atomic E-state index is 12.8. The van der Waals surface area contributed by atoms with Gasteiger partial charge in [-0.3, -0.25) is 9.59 Å². The number of methoxy groups -OCH3 is 1. The van der Waals surface area contributed by atoms with E-state index in [-0.39, 0.29) is 17.7 Å². The molecule has 34 heavy (non-hydrogen) atoms. The van der Waals surface area contributed by atoms with Gasteiger partial charge in [0.1, 0.15) is 11.8 Å². The van der Waals surface area contributed by atoms with Crippen LogP contribution in [0.2, 0.25) is 0 Å². The van der Waals surface area contributed by atoms with Crippen LogP contribution in [0.25, 0.3) is 0 Å². The lowest BCUT2D eigenvalue weighted by molar-refractivity contribution is -0.118. The molecule has 0 aromatic heterocycles. The molecule has 0 fully saturated rings. The maximum Gasteiger partial charge on any atom is 0.319 e. The van der Waals surface area contributed by atoms with Crippen molar-refractivity contribution in [3.63, 3.8) is 0 Å². The average Bonchev–Trinajstić information content (AvgIpc) is 2.84. The minimum absolute atomic E-state index is 0.143. The molecule has 0 saturated carbocycles. The number of benzene rings is 3. The number of hydrogen-bond acceptors (Lipinski definition) is 4. The number of amides is 4. The zero-order valence-corrected chi connectivity index (χ0v) is 19.3. The molecule has 4 amide bonds. The summed E-state index contributed by atoms with van der Waals surface area (Å²) < 4.78 is 5.11. The molecule has 8 nitrogen and oxygen atoms in total. The molecule has 0 spiro atoms. The summed E-state index contributed by atoms with van der Waals surface area (Å²) in [6.07, 6.45) is 0. The minimum atomic E-state index is -0.748. The second kappa shape index (κ2) is 11.5. The van der Waals surface area contributed by atoms with Crippen molar-refractivity contribution in [3.8, 4) is 5.75 Å². The normalized spacial score (nSPS) is 11.3. The lowest BCUT2D eigenvalue weighted by Gasteiger charge is -2.22. The molecule has 176 valence electrons. The van der Waals surface area contributed by atoms with Gasteiger partial charge in [-0.15, -0.1) is 0 Å². The van der Waals surface area contributed by atoms with E-state index in [4.69, 9.17) is 4.74 Å². The summed E-state index contributed by atoms with van der Waals surface area (Å²) in [7, 11) is 1.58. The molecule has 0 aliphatic carbocycles. The van der Waals surface area contributed by atoms with Crippen LogP contribution in [0, 0.1) is 5.92 Å². The number of carbonyl (C=O) groups excluding carboxylic acids is 3. The average molecular weight is 461 g/mol. The van der Waals surface area contributed by atoms with E-state index in [0.717, 1.165) is 0 Å². The van der Waals surface area contributed by atoms with Gasteiger partial charge >= 0.3 is 6.03 Å². The monoisotopic (exact) mass is 460 g/mol. The Morgan fingerprint density at radius 2 is 1.26 bits per heavy atom. The molecule has 0 aliphatic rings. The third-order valence-corrected chi connectivity index (χ3v) is 5.03. The van der Waals surface area contributed by atoms with Crippen molar-refractivity contribution in [1.29, 1.82) is 0 Å². The molecule has 0 saturated heterocycles. The molecule has 1 atom stereocenters. The van der Waals surface area contributed by atoms with Gasteiger partial charge in [0, 0.05) is 22.6 Å². The maximum absolute atomic E-state index is 12.8. The standard InChI is InChI=1S/C26H28N4O4/c1-17(2)23(30-26(33)29-19-7-5-4-6-8-19)25(32)28-20-11-9-18(10-12-20)24(31)27-21-13-15-22(34-3)16-14-21/h4-17,23H,1-3H3,(H,27,31)(H,28,32)(H2,29,30,33). The summed E-state index contributed by atoms with van der Waals surface area (Å²) in [5.74, 6) is -0.0723. The second-order valence-electron chi connectivity index (χ2n) is 7.94. The van der Waals surface area contributed by atoms with Gasteiger partial charge in [-0.1, -0.05) is 32.0 Å². The number of para-hydroxylation sites is 1. The zero-order valence-electron chi connectivity index (χ0n) is 19.3. The van der Waals surface area contributed by atoms with Crippen molar-refractivity contribution in [2.45, 2.75) is 19.9 Å². The van der Waals surface area contributed by atoms with Gasteiger partial charge in [0.05, 0.1) is 7.11 Å². The molecule has 0 aliphatic heterocycles. The largest absolute Gasteiger partial charge is 0.497 e. The SMILES string of the molecule is COc1ccc(NC(=O)c2ccc(NC(=O)C(NC(=O)Nc3ccccc3)C(C)C)cc2)cc1. The van der Waals surface area contributed by atoms with Gasteiger partial charge in [-0.2, -0.15) is 0 Å². The molecular weight excluding hydrogens is 432 g/mol. The Morgan fingerprint density at radius 1 is 0.706 bits per heavy atom. The molecule has 0 heterocycles. The van der Waals surface area contributed by atoms with Gasteiger partial charge < -0.3 is 26.0 Å². The molecule has 0 bridgehead atoms. The van der Waals surface area contributed by atoms with E-state index in [0.29, 0.717) is 28.4 Å². The van der Waals surface area contributed by atoms with Crippen molar-refractivity contribution in [2.75, 3.05) is 23.1 Å².